The third kappa shape index (κ3) is 3.62. The van der Waals surface area contributed by atoms with Crippen molar-refractivity contribution in [3.05, 3.63) is 34.6 Å². The number of rotatable bonds is 5. The maximum absolute atomic E-state index is 13.1. The van der Waals surface area contributed by atoms with Crippen LogP contribution in [0.5, 0.6) is 0 Å². The average molecular weight is 314 g/mol. The van der Waals surface area contributed by atoms with Crippen LogP contribution in [0.3, 0.4) is 0 Å². The van der Waals surface area contributed by atoms with E-state index in [1.165, 1.54) is 12.1 Å². The van der Waals surface area contributed by atoms with E-state index in [9.17, 15) is 9.18 Å². The second-order valence-corrected chi connectivity index (χ2v) is 5.97. The van der Waals surface area contributed by atoms with Crippen LogP contribution in [0.2, 0.25) is 5.02 Å². The molecule has 1 heterocycles. The summed E-state index contributed by atoms with van der Waals surface area (Å²) in [5.74, 6) is -0.275. The van der Waals surface area contributed by atoms with Crippen LogP contribution >= 0.6 is 11.6 Å². The topological polar surface area (TPSA) is 29.5 Å². The molecule has 0 saturated carbocycles. The van der Waals surface area contributed by atoms with Gasteiger partial charge in [0.2, 0.25) is 0 Å². The number of hydrogen-bond donors (Lipinski definition) is 0. The number of carbonyl (C=O) groups is 1. The molecule has 0 amide bonds. The Morgan fingerprint density at radius 3 is 2.67 bits per heavy atom. The molecule has 0 bridgehead atoms. The van der Waals surface area contributed by atoms with Crippen LogP contribution in [0.1, 0.15) is 25.8 Å². The van der Waals surface area contributed by atoms with Crippen molar-refractivity contribution in [2.45, 2.75) is 32.2 Å². The number of carbonyl (C=O) groups excluding carboxylic acids is 1. The van der Waals surface area contributed by atoms with E-state index in [1.54, 1.807) is 6.07 Å². The molecular formula is C16H21ClFNO2. The predicted octanol–water partition coefficient (Wildman–Crippen LogP) is 3.09. The maximum atomic E-state index is 13.1. The number of nitrogens with zero attached hydrogens (tertiary/aromatic N) is 1. The van der Waals surface area contributed by atoms with Gasteiger partial charge in [-0.05, 0) is 31.0 Å². The zero-order chi connectivity index (χ0) is 15.5. The summed E-state index contributed by atoms with van der Waals surface area (Å²) < 4.78 is 18.4. The molecule has 1 aromatic rings. The molecule has 1 aliphatic heterocycles. The van der Waals surface area contributed by atoms with Gasteiger partial charge in [-0.2, -0.15) is 0 Å². The quantitative estimate of drug-likeness (QED) is 0.836. The Morgan fingerprint density at radius 2 is 2.10 bits per heavy atom. The van der Waals surface area contributed by atoms with Crippen molar-refractivity contribution < 1.29 is 13.9 Å². The van der Waals surface area contributed by atoms with Gasteiger partial charge in [0.1, 0.15) is 5.82 Å². The molecule has 1 atom stereocenters. The summed E-state index contributed by atoms with van der Waals surface area (Å²) >= 11 is 6.03. The highest BCUT2D eigenvalue weighted by Gasteiger charge is 2.38. The van der Waals surface area contributed by atoms with E-state index < -0.39 is 5.54 Å². The van der Waals surface area contributed by atoms with E-state index in [0.717, 1.165) is 19.5 Å². The van der Waals surface area contributed by atoms with Crippen LogP contribution in [-0.4, -0.2) is 42.5 Å². The van der Waals surface area contributed by atoms with Crippen molar-refractivity contribution in [3.8, 4) is 0 Å². The number of ketones is 1. The molecule has 2 rings (SSSR count). The highest BCUT2D eigenvalue weighted by atomic mass is 35.5. The lowest BCUT2D eigenvalue weighted by atomic mass is 9.87. The molecular weight excluding hydrogens is 293 g/mol. The Hall–Kier alpha value is -0.970. The summed E-state index contributed by atoms with van der Waals surface area (Å²) in [5, 5.41) is 0.309. The van der Waals surface area contributed by atoms with Gasteiger partial charge >= 0.3 is 0 Å². The van der Waals surface area contributed by atoms with E-state index in [-0.39, 0.29) is 18.0 Å². The molecule has 0 radical (unpaired) electrons. The van der Waals surface area contributed by atoms with Gasteiger partial charge in [0.05, 0.1) is 18.8 Å². The average Bonchev–Trinajstić information content (AvgIpc) is 2.50. The summed E-state index contributed by atoms with van der Waals surface area (Å²) in [6.45, 7) is 6.80. The fourth-order valence-corrected chi connectivity index (χ4v) is 2.92. The van der Waals surface area contributed by atoms with Gasteiger partial charge in [-0.1, -0.05) is 24.6 Å². The Kier molecular flexibility index (Phi) is 5.36. The summed E-state index contributed by atoms with van der Waals surface area (Å²) in [4.78, 5) is 14.9. The molecule has 5 heteroatoms. The molecule has 1 fully saturated rings. The van der Waals surface area contributed by atoms with Crippen LogP contribution in [0.25, 0.3) is 0 Å². The summed E-state index contributed by atoms with van der Waals surface area (Å²) in [6.07, 6.45) is 0.950. The lowest BCUT2D eigenvalue weighted by molar-refractivity contribution is -0.133. The van der Waals surface area contributed by atoms with Gasteiger partial charge in [-0.3, -0.25) is 9.69 Å². The number of ether oxygens (including phenoxy) is 1. The molecule has 0 N–H and O–H groups in total. The van der Waals surface area contributed by atoms with Crippen LogP contribution in [0.4, 0.5) is 4.39 Å². The van der Waals surface area contributed by atoms with Crippen LogP contribution < -0.4 is 0 Å². The standard InChI is InChI=1S/C16H21ClFNO2/c1-3-16(2,19-6-8-21-9-7-19)15(20)10-12-4-5-13(18)11-14(12)17/h4-5,11H,3,6-10H2,1-2H3. The lowest BCUT2D eigenvalue weighted by Gasteiger charge is -2.41. The molecule has 1 aliphatic rings. The molecule has 1 aromatic carbocycles. The highest BCUT2D eigenvalue weighted by Crippen LogP contribution is 2.26. The van der Waals surface area contributed by atoms with E-state index >= 15 is 0 Å². The van der Waals surface area contributed by atoms with Crippen molar-refractivity contribution in [2.75, 3.05) is 26.3 Å². The normalized spacial score (nSPS) is 19.2. The molecule has 0 spiro atoms. The largest absolute Gasteiger partial charge is 0.379 e. The van der Waals surface area contributed by atoms with Crippen LogP contribution in [0.15, 0.2) is 18.2 Å². The second-order valence-electron chi connectivity index (χ2n) is 5.56. The fourth-order valence-electron chi connectivity index (χ4n) is 2.68. The summed E-state index contributed by atoms with van der Waals surface area (Å²) in [6, 6.07) is 4.18. The molecule has 0 aliphatic carbocycles. The van der Waals surface area contributed by atoms with Gasteiger partial charge in [-0.25, -0.2) is 4.39 Å². The van der Waals surface area contributed by atoms with Gasteiger partial charge < -0.3 is 4.74 Å². The number of morpholine rings is 1. The first-order valence-corrected chi connectivity index (χ1v) is 7.65. The monoisotopic (exact) mass is 313 g/mol. The number of hydrogen-bond acceptors (Lipinski definition) is 3. The zero-order valence-corrected chi connectivity index (χ0v) is 13.3. The minimum absolute atomic E-state index is 0.111. The Balaban J connectivity index is 2.15. The third-order valence-corrected chi connectivity index (χ3v) is 4.72. The Morgan fingerprint density at radius 1 is 1.43 bits per heavy atom. The lowest BCUT2D eigenvalue weighted by Crippen LogP contribution is -2.56. The number of Topliss-reactive ketones (excluding diaryl/α,β-unsaturated/α-hetero) is 1. The van der Waals surface area contributed by atoms with E-state index in [4.69, 9.17) is 16.3 Å². The molecule has 21 heavy (non-hydrogen) atoms. The maximum Gasteiger partial charge on any atom is 0.157 e. The van der Waals surface area contributed by atoms with Crippen molar-refractivity contribution >= 4 is 17.4 Å². The summed E-state index contributed by atoms with van der Waals surface area (Å²) in [5.41, 5.74) is 0.151. The summed E-state index contributed by atoms with van der Waals surface area (Å²) in [7, 11) is 0. The Labute approximate surface area is 130 Å². The minimum atomic E-state index is -0.526. The number of benzene rings is 1. The predicted molar refractivity (Wildman–Crippen MR) is 81.2 cm³/mol. The first-order chi connectivity index (χ1) is 9.97. The molecule has 1 unspecified atom stereocenters. The first kappa shape index (κ1) is 16.4. The smallest absolute Gasteiger partial charge is 0.157 e. The van der Waals surface area contributed by atoms with Crippen molar-refractivity contribution in [1.29, 1.82) is 0 Å². The molecule has 0 aromatic heterocycles. The van der Waals surface area contributed by atoms with Gasteiger partial charge in [-0.15, -0.1) is 0 Å². The van der Waals surface area contributed by atoms with Crippen LogP contribution in [-0.2, 0) is 16.0 Å². The zero-order valence-electron chi connectivity index (χ0n) is 12.5. The fraction of sp³-hybridized carbons (Fsp3) is 0.562. The Bertz CT molecular complexity index is 517. The van der Waals surface area contributed by atoms with Gasteiger partial charge in [0, 0.05) is 24.5 Å². The van der Waals surface area contributed by atoms with Crippen molar-refractivity contribution in [2.24, 2.45) is 0 Å². The number of halogens is 2. The van der Waals surface area contributed by atoms with Gasteiger partial charge in [0.15, 0.2) is 5.78 Å². The van der Waals surface area contributed by atoms with Gasteiger partial charge in [0.25, 0.3) is 0 Å². The third-order valence-electron chi connectivity index (χ3n) is 4.36. The van der Waals surface area contributed by atoms with E-state index in [0.29, 0.717) is 23.8 Å². The van der Waals surface area contributed by atoms with Crippen molar-refractivity contribution in [1.82, 2.24) is 4.90 Å². The van der Waals surface area contributed by atoms with E-state index in [1.807, 2.05) is 13.8 Å². The highest BCUT2D eigenvalue weighted by molar-refractivity contribution is 6.31. The van der Waals surface area contributed by atoms with Crippen LogP contribution in [0, 0.1) is 5.82 Å². The molecule has 3 nitrogen and oxygen atoms in total. The van der Waals surface area contributed by atoms with E-state index in [2.05, 4.69) is 4.90 Å². The molecule has 116 valence electrons. The second kappa shape index (κ2) is 6.86. The minimum Gasteiger partial charge on any atom is -0.379 e. The van der Waals surface area contributed by atoms with Crippen molar-refractivity contribution in [3.63, 3.8) is 0 Å². The first-order valence-electron chi connectivity index (χ1n) is 7.27. The SMILES string of the molecule is CCC(C)(C(=O)Cc1ccc(F)cc1Cl)N1CCOCC1. The molecule has 1 saturated heterocycles.